The number of halogens is 1. The molecule has 22 heavy (non-hydrogen) atoms. The number of carbonyl (C=O) groups excluding carboxylic acids is 2. The third kappa shape index (κ3) is 3.87. The van der Waals surface area contributed by atoms with Crippen LogP contribution >= 0.6 is 23.4 Å². The highest BCUT2D eigenvalue weighted by Crippen LogP contribution is 2.24. The first-order chi connectivity index (χ1) is 10.6. The lowest BCUT2D eigenvalue weighted by atomic mass is 10.2. The summed E-state index contributed by atoms with van der Waals surface area (Å²) in [5, 5.41) is 3.24. The van der Waals surface area contributed by atoms with E-state index in [1.165, 1.54) is 0 Å². The van der Waals surface area contributed by atoms with Gasteiger partial charge in [-0.15, -0.1) is 11.8 Å². The predicted octanol–water partition coefficient (Wildman–Crippen LogP) is 2.55. The molecule has 0 unspecified atom stereocenters. The van der Waals surface area contributed by atoms with Gasteiger partial charge < -0.3 is 15.1 Å². The minimum absolute atomic E-state index is 0.0722. The summed E-state index contributed by atoms with van der Waals surface area (Å²) < 4.78 is 0. The smallest absolute Gasteiger partial charge is 0.317 e. The van der Waals surface area contributed by atoms with Gasteiger partial charge in [-0.05, 0) is 31.4 Å². The number of nitrogens with zero attached hydrogens (tertiary/aromatic N) is 2. The lowest BCUT2D eigenvalue weighted by molar-refractivity contribution is 0.0665. The van der Waals surface area contributed by atoms with Crippen LogP contribution in [0.1, 0.15) is 17.3 Å². The summed E-state index contributed by atoms with van der Waals surface area (Å²) in [6.45, 7) is 4.62. The molecule has 1 aliphatic rings. The van der Waals surface area contributed by atoms with E-state index in [1.807, 2.05) is 25.3 Å². The third-order valence-corrected chi connectivity index (χ3v) is 4.64. The zero-order chi connectivity index (χ0) is 16.1. The van der Waals surface area contributed by atoms with E-state index in [4.69, 9.17) is 11.6 Å². The van der Waals surface area contributed by atoms with Crippen LogP contribution in [0.5, 0.6) is 0 Å². The van der Waals surface area contributed by atoms with E-state index in [-0.39, 0.29) is 11.9 Å². The second-order valence-electron chi connectivity index (χ2n) is 4.96. The molecule has 1 fully saturated rings. The van der Waals surface area contributed by atoms with Gasteiger partial charge >= 0.3 is 6.03 Å². The molecule has 120 valence electrons. The quantitative estimate of drug-likeness (QED) is 0.860. The summed E-state index contributed by atoms with van der Waals surface area (Å²) in [5.41, 5.74) is 0.528. The van der Waals surface area contributed by atoms with Crippen molar-refractivity contribution in [3.05, 3.63) is 28.8 Å². The molecule has 0 aromatic heterocycles. The number of urea groups is 1. The molecule has 7 heteroatoms. The molecule has 5 nitrogen and oxygen atoms in total. The molecule has 1 heterocycles. The van der Waals surface area contributed by atoms with Gasteiger partial charge in [-0.25, -0.2) is 4.79 Å². The van der Waals surface area contributed by atoms with Crippen LogP contribution in [-0.2, 0) is 0 Å². The van der Waals surface area contributed by atoms with Crippen molar-refractivity contribution in [2.45, 2.75) is 11.8 Å². The molecule has 1 aliphatic heterocycles. The largest absolute Gasteiger partial charge is 0.338 e. The van der Waals surface area contributed by atoms with Crippen LogP contribution in [0.4, 0.5) is 4.79 Å². The van der Waals surface area contributed by atoms with E-state index < -0.39 is 0 Å². The van der Waals surface area contributed by atoms with Gasteiger partial charge in [0.25, 0.3) is 5.91 Å². The Labute approximate surface area is 140 Å². The number of rotatable bonds is 3. The van der Waals surface area contributed by atoms with Gasteiger partial charge in [0.15, 0.2) is 0 Å². The van der Waals surface area contributed by atoms with Crippen LogP contribution in [0.2, 0.25) is 5.02 Å². The van der Waals surface area contributed by atoms with Crippen molar-refractivity contribution < 1.29 is 9.59 Å². The number of benzene rings is 1. The van der Waals surface area contributed by atoms with E-state index in [0.717, 1.165) is 4.90 Å². The van der Waals surface area contributed by atoms with Gasteiger partial charge in [0.1, 0.15) is 0 Å². The van der Waals surface area contributed by atoms with E-state index in [1.54, 1.807) is 27.6 Å². The third-order valence-electron chi connectivity index (χ3n) is 3.59. The molecule has 0 aliphatic carbocycles. The monoisotopic (exact) mass is 341 g/mol. The minimum atomic E-state index is -0.0727. The molecule has 0 saturated carbocycles. The van der Waals surface area contributed by atoms with E-state index in [2.05, 4.69) is 5.32 Å². The fourth-order valence-corrected chi connectivity index (χ4v) is 2.98. The van der Waals surface area contributed by atoms with E-state index in [9.17, 15) is 9.59 Å². The predicted molar refractivity (Wildman–Crippen MR) is 89.8 cm³/mol. The molecule has 0 bridgehead atoms. The fraction of sp³-hybridized carbons (Fsp3) is 0.467. The lowest BCUT2D eigenvalue weighted by Crippen LogP contribution is -2.53. The molecule has 1 saturated heterocycles. The minimum Gasteiger partial charge on any atom is -0.338 e. The molecule has 1 N–H and O–H groups in total. The zero-order valence-corrected chi connectivity index (χ0v) is 14.3. The SMILES string of the molecule is CCNC(=O)N1CCN(C(=O)c2cc(SC)ccc2Cl)CC1. The molecule has 2 rings (SSSR count). The Hall–Kier alpha value is -1.40. The highest BCUT2D eigenvalue weighted by atomic mass is 35.5. The lowest BCUT2D eigenvalue weighted by Gasteiger charge is -2.34. The summed E-state index contributed by atoms with van der Waals surface area (Å²) in [5.74, 6) is -0.0727. The number of hydrogen-bond acceptors (Lipinski definition) is 3. The summed E-state index contributed by atoms with van der Waals surface area (Å²) in [4.78, 5) is 28.9. The van der Waals surface area contributed by atoms with Crippen molar-refractivity contribution in [1.82, 2.24) is 15.1 Å². The maximum atomic E-state index is 12.6. The van der Waals surface area contributed by atoms with Gasteiger partial charge in [0, 0.05) is 37.6 Å². The van der Waals surface area contributed by atoms with Crippen molar-refractivity contribution in [3.8, 4) is 0 Å². The molecule has 0 atom stereocenters. The van der Waals surface area contributed by atoms with E-state index in [0.29, 0.717) is 43.3 Å². The number of nitrogens with one attached hydrogen (secondary N) is 1. The standard InChI is InChI=1S/C15H20ClN3O2S/c1-3-17-15(21)19-8-6-18(7-9-19)14(20)12-10-11(22-2)4-5-13(12)16/h4-5,10H,3,6-9H2,1-2H3,(H,17,21). The Morgan fingerprint density at radius 2 is 1.86 bits per heavy atom. The van der Waals surface area contributed by atoms with Crippen LogP contribution in [0.3, 0.4) is 0 Å². The number of piperazine rings is 1. The second-order valence-corrected chi connectivity index (χ2v) is 6.25. The average molecular weight is 342 g/mol. The van der Waals surface area contributed by atoms with Crippen molar-refractivity contribution in [2.75, 3.05) is 39.0 Å². The summed E-state index contributed by atoms with van der Waals surface area (Å²) in [6.07, 6.45) is 1.96. The maximum Gasteiger partial charge on any atom is 0.317 e. The summed E-state index contributed by atoms with van der Waals surface area (Å²) in [7, 11) is 0. The molecule has 0 radical (unpaired) electrons. The van der Waals surface area contributed by atoms with Crippen molar-refractivity contribution in [3.63, 3.8) is 0 Å². The Morgan fingerprint density at radius 1 is 1.23 bits per heavy atom. The Morgan fingerprint density at radius 3 is 2.45 bits per heavy atom. The van der Waals surface area contributed by atoms with Crippen molar-refractivity contribution >= 4 is 35.3 Å². The normalized spacial score (nSPS) is 14.9. The van der Waals surface area contributed by atoms with Crippen LogP contribution in [0.25, 0.3) is 0 Å². The molecular weight excluding hydrogens is 322 g/mol. The molecular formula is C15H20ClN3O2S. The molecule has 1 aromatic carbocycles. The number of carbonyl (C=O) groups is 2. The second kappa shape index (κ2) is 7.74. The zero-order valence-electron chi connectivity index (χ0n) is 12.8. The first-order valence-corrected chi connectivity index (χ1v) is 8.82. The molecule has 3 amide bonds. The van der Waals surface area contributed by atoms with Gasteiger partial charge in [-0.2, -0.15) is 0 Å². The fourth-order valence-electron chi connectivity index (χ4n) is 2.34. The van der Waals surface area contributed by atoms with Crippen molar-refractivity contribution in [2.24, 2.45) is 0 Å². The Balaban J connectivity index is 2.02. The summed E-state index contributed by atoms with van der Waals surface area (Å²) >= 11 is 7.73. The van der Waals surface area contributed by atoms with Crippen molar-refractivity contribution in [1.29, 1.82) is 0 Å². The Bertz CT molecular complexity index is 560. The summed E-state index contributed by atoms with van der Waals surface area (Å²) in [6, 6.07) is 5.41. The first-order valence-electron chi connectivity index (χ1n) is 7.22. The van der Waals surface area contributed by atoms with Crippen LogP contribution in [0, 0.1) is 0 Å². The van der Waals surface area contributed by atoms with E-state index >= 15 is 0 Å². The molecule has 1 aromatic rings. The Kier molecular flexibility index (Phi) is 5.97. The van der Waals surface area contributed by atoms with Crippen LogP contribution in [0.15, 0.2) is 23.1 Å². The van der Waals surface area contributed by atoms with Crippen LogP contribution in [-0.4, -0.2) is 60.7 Å². The topological polar surface area (TPSA) is 52.7 Å². The highest BCUT2D eigenvalue weighted by Gasteiger charge is 2.25. The maximum absolute atomic E-state index is 12.6. The van der Waals surface area contributed by atoms with Gasteiger partial charge in [-0.1, -0.05) is 11.6 Å². The van der Waals surface area contributed by atoms with Crippen LogP contribution < -0.4 is 5.32 Å². The number of thioether (sulfide) groups is 1. The number of hydrogen-bond donors (Lipinski definition) is 1. The highest BCUT2D eigenvalue weighted by molar-refractivity contribution is 7.98. The average Bonchev–Trinajstić information content (AvgIpc) is 2.55. The van der Waals surface area contributed by atoms with Gasteiger partial charge in [-0.3, -0.25) is 4.79 Å². The van der Waals surface area contributed by atoms with Gasteiger partial charge in [0.05, 0.1) is 10.6 Å². The number of amides is 3. The van der Waals surface area contributed by atoms with Gasteiger partial charge in [0.2, 0.25) is 0 Å². The molecule has 0 spiro atoms. The first kappa shape index (κ1) is 17.0.